The second-order valence-corrected chi connectivity index (χ2v) is 7.79. The van der Waals surface area contributed by atoms with Gasteiger partial charge in [-0.2, -0.15) is 0 Å². The van der Waals surface area contributed by atoms with Gasteiger partial charge in [0.25, 0.3) is 0 Å². The van der Waals surface area contributed by atoms with Crippen LogP contribution in [0.2, 0.25) is 0 Å². The lowest BCUT2D eigenvalue weighted by Gasteiger charge is -2.28. The Morgan fingerprint density at radius 2 is 1.75 bits per heavy atom. The normalized spacial score (nSPS) is 22.9. The first kappa shape index (κ1) is 20.1. The van der Waals surface area contributed by atoms with Crippen LogP contribution in [0.5, 0.6) is 0 Å². The van der Waals surface area contributed by atoms with Crippen molar-refractivity contribution >= 4 is 11.9 Å². The van der Waals surface area contributed by atoms with Gasteiger partial charge in [0.15, 0.2) is 0 Å². The van der Waals surface area contributed by atoms with Gasteiger partial charge < -0.3 is 14.8 Å². The molecule has 1 unspecified atom stereocenters. The van der Waals surface area contributed by atoms with Gasteiger partial charge in [0.1, 0.15) is 5.60 Å². The fourth-order valence-corrected chi connectivity index (χ4v) is 3.82. The molecular weight excluding hydrogens is 356 g/mol. The van der Waals surface area contributed by atoms with E-state index in [0.29, 0.717) is 23.4 Å². The summed E-state index contributed by atoms with van der Waals surface area (Å²) < 4.78 is 10.7. The van der Waals surface area contributed by atoms with Crippen molar-refractivity contribution in [3.8, 4) is 0 Å². The smallest absolute Gasteiger partial charge is 0.336 e. The standard InChI is InChI=1S/C22H28N2O4/c1-15-18(20(25)27-4)12-19(16(2)23-15)21(26)28-22(3)10-11-24(14-22)13-17-8-6-5-7-9-17/h5-9,23H,10-14H2,1-4H3. The molecule has 2 aliphatic heterocycles. The Hall–Kier alpha value is -2.60. The number of hydrogen-bond acceptors (Lipinski definition) is 6. The van der Waals surface area contributed by atoms with E-state index in [1.54, 1.807) is 6.92 Å². The first-order chi connectivity index (χ1) is 13.3. The van der Waals surface area contributed by atoms with Crippen LogP contribution in [0.4, 0.5) is 0 Å². The molecule has 0 amide bonds. The Balaban J connectivity index is 1.64. The molecule has 0 spiro atoms. The van der Waals surface area contributed by atoms with Crippen molar-refractivity contribution in [3.05, 3.63) is 58.4 Å². The van der Waals surface area contributed by atoms with Gasteiger partial charge in [-0.25, -0.2) is 9.59 Å². The number of nitrogens with zero attached hydrogens (tertiary/aromatic N) is 1. The average Bonchev–Trinajstić information content (AvgIpc) is 3.02. The Morgan fingerprint density at radius 1 is 1.11 bits per heavy atom. The third kappa shape index (κ3) is 4.44. The molecule has 1 saturated heterocycles. The van der Waals surface area contributed by atoms with Crippen molar-refractivity contribution in [2.24, 2.45) is 0 Å². The Morgan fingerprint density at radius 3 is 2.39 bits per heavy atom. The SMILES string of the molecule is COC(=O)C1=C(C)NC(C)=C(C(=O)OC2(C)CCN(Cc3ccccc3)C2)C1. The molecule has 3 rings (SSSR count). The molecule has 1 aromatic rings. The summed E-state index contributed by atoms with van der Waals surface area (Å²) >= 11 is 0. The molecule has 1 atom stereocenters. The maximum Gasteiger partial charge on any atom is 0.336 e. The van der Waals surface area contributed by atoms with E-state index in [1.165, 1.54) is 12.7 Å². The van der Waals surface area contributed by atoms with E-state index in [4.69, 9.17) is 9.47 Å². The lowest BCUT2D eigenvalue weighted by atomic mass is 9.97. The summed E-state index contributed by atoms with van der Waals surface area (Å²) in [6, 6.07) is 10.3. The third-order valence-corrected chi connectivity index (χ3v) is 5.42. The summed E-state index contributed by atoms with van der Waals surface area (Å²) in [5.41, 5.74) is 3.08. The molecule has 0 radical (unpaired) electrons. The highest BCUT2D eigenvalue weighted by Gasteiger charge is 2.39. The minimum absolute atomic E-state index is 0.222. The number of allylic oxidation sites excluding steroid dienone is 2. The van der Waals surface area contributed by atoms with Crippen LogP contribution in [0.15, 0.2) is 52.9 Å². The number of esters is 2. The Kier molecular flexibility index (Phi) is 5.89. The maximum atomic E-state index is 12.9. The number of likely N-dealkylation sites (tertiary alicyclic amines) is 1. The second-order valence-electron chi connectivity index (χ2n) is 7.79. The molecule has 2 heterocycles. The zero-order chi connectivity index (χ0) is 20.3. The molecule has 2 aliphatic rings. The molecule has 1 aromatic carbocycles. The molecule has 0 aromatic heterocycles. The number of benzene rings is 1. The van der Waals surface area contributed by atoms with E-state index in [0.717, 1.165) is 25.2 Å². The maximum absolute atomic E-state index is 12.9. The van der Waals surface area contributed by atoms with Crippen LogP contribution >= 0.6 is 0 Å². The average molecular weight is 384 g/mol. The minimum Gasteiger partial charge on any atom is -0.466 e. The molecule has 6 heteroatoms. The van der Waals surface area contributed by atoms with Gasteiger partial charge in [-0.3, -0.25) is 4.90 Å². The monoisotopic (exact) mass is 384 g/mol. The van der Waals surface area contributed by atoms with Gasteiger partial charge in [0.2, 0.25) is 0 Å². The lowest BCUT2D eigenvalue weighted by Crippen LogP contribution is -2.37. The van der Waals surface area contributed by atoms with Crippen LogP contribution in [0.3, 0.4) is 0 Å². The number of ether oxygens (including phenoxy) is 2. The Bertz CT molecular complexity index is 828. The molecule has 0 aliphatic carbocycles. The van der Waals surface area contributed by atoms with Crippen LogP contribution in [0.1, 0.15) is 39.2 Å². The highest BCUT2D eigenvalue weighted by atomic mass is 16.6. The topological polar surface area (TPSA) is 67.9 Å². The van der Waals surface area contributed by atoms with E-state index in [1.807, 2.05) is 32.0 Å². The van der Waals surface area contributed by atoms with E-state index < -0.39 is 11.6 Å². The first-order valence-corrected chi connectivity index (χ1v) is 9.56. The molecule has 6 nitrogen and oxygen atoms in total. The lowest BCUT2D eigenvalue weighted by molar-refractivity contribution is -0.152. The number of hydrogen-bond donors (Lipinski definition) is 1. The van der Waals surface area contributed by atoms with E-state index >= 15 is 0 Å². The fraction of sp³-hybridized carbons (Fsp3) is 0.455. The van der Waals surface area contributed by atoms with Crippen molar-refractivity contribution < 1.29 is 19.1 Å². The zero-order valence-corrected chi connectivity index (χ0v) is 17.0. The molecule has 0 bridgehead atoms. The molecule has 0 saturated carbocycles. The third-order valence-electron chi connectivity index (χ3n) is 5.42. The van der Waals surface area contributed by atoms with E-state index in [9.17, 15) is 9.59 Å². The highest BCUT2D eigenvalue weighted by Crippen LogP contribution is 2.30. The van der Waals surface area contributed by atoms with Crippen molar-refractivity contribution in [1.29, 1.82) is 0 Å². The zero-order valence-electron chi connectivity index (χ0n) is 17.0. The summed E-state index contributed by atoms with van der Waals surface area (Å²) in [7, 11) is 1.34. The molecule has 150 valence electrons. The van der Waals surface area contributed by atoms with Gasteiger partial charge in [-0.05, 0) is 26.3 Å². The number of rotatable bonds is 5. The van der Waals surface area contributed by atoms with Crippen LogP contribution in [0, 0.1) is 0 Å². The number of methoxy groups -OCH3 is 1. The van der Waals surface area contributed by atoms with E-state index in [-0.39, 0.29) is 12.4 Å². The summed E-state index contributed by atoms with van der Waals surface area (Å²) in [5.74, 6) is -0.799. The molecule has 1 fully saturated rings. The summed E-state index contributed by atoms with van der Waals surface area (Å²) in [6.45, 7) is 8.01. The van der Waals surface area contributed by atoms with Gasteiger partial charge >= 0.3 is 11.9 Å². The minimum atomic E-state index is -0.541. The Labute approximate surface area is 166 Å². The quantitative estimate of drug-likeness (QED) is 0.788. The summed E-state index contributed by atoms with van der Waals surface area (Å²) in [4.78, 5) is 27.2. The second kappa shape index (κ2) is 8.19. The van der Waals surface area contributed by atoms with Crippen LogP contribution in [0.25, 0.3) is 0 Å². The number of carbonyl (C=O) groups excluding carboxylic acids is 2. The predicted octanol–water partition coefficient (Wildman–Crippen LogP) is 2.91. The van der Waals surface area contributed by atoms with Gasteiger partial charge in [-0.15, -0.1) is 0 Å². The summed E-state index contributed by atoms with van der Waals surface area (Å²) in [6.07, 6.45) is 1.00. The van der Waals surface area contributed by atoms with Gasteiger partial charge in [0, 0.05) is 43.9 Å². The van der Waals surface area contributed by atoms with Crippen LogP contribution in [-0.4, -0.2) is 42.6 Å². The van der Waals surface area contributed by atoms with Crippen molar-refractivity contribution in [3.63, 3.8) is 0 Å². The number of nitrogens with one attached hydrogen (secondary N) is 1. The van der Waals surface area contributed by atoms with Crippen molar-refractivity contribution in [2.75, 3.05) is 20.2 Å². The summed E-state index contributed by atoms with van der Waals surface area (Å²) in [5, 5.41) is 3.10. The predicted molar refractivity (Wildman–Crippen MR) is 106 cm³/mol. The van der Waals surface area contributed by atoms with Gasteiger partial charge in [0.05, 0.1) is 18.3 Å². The number of dihydropyridines is 1. The van der Waals surface area contributed by atoms with Crippen LogP contribution in [-0.2, 0) is 25.6 Å². The molecular formula is C22H28N2O4. The highest BCUT2D eigenvalue weighted by molar-refractivity contribution is 5.96. The van der Waals surface area contributed by atoms with Crippen molar-refractivity contribution in [1.82, 2.24) is 10.2 Å². The van der Waals surface area contributed by atoms with E-state index in [2.05, 4.69) is 22.3 Å². The van der Waals surface area contributed by atoms with Crippen LogP contribution < -0.4 is 5.32 Å². The first-order valence-electron chi connectivity index (χ1n) is 9.56. The largest absolute Gasteiger partial charge is 0.466 e. The molecule has 28 heavy (non-hydrogen) atoms. The fourth-order valence-electron chi connectivity index (χ4n) is 3.82. The molecule has 1 N–H and O–H groups in total. The van der Waals surface area contributed by atoms with Gasteiger partial charge in [-0.1, -0.05) is 30.3 Å². The number of carbonyl (C=O) groups is 2. The van der Waals surface area contributed by atoms with Crippen molar-refractivity contribution in [2.45, 2.75) is 45.8 Å².